The summed E-state index contributed by atoms with van der Waals surface area (Å²) in [5.74, 6) is 1.40. The topological polar surface area (TPSA) is 52.7 Å². The van der Waals surface area contributed by atoms with Crippen LogP contribution in [-0.4, -0.2) is 30.9 Å². The van der Waals surface area contributed by atoms with Gasteiger partial charge in [0.2, 0.25) is 0 Å². The fourth-order valence-corrected chi connectivity index (χ4v) is 5.43. The number of carbonyl (C=O) groups excluding carboxylic acids is 1. The monoisotopic (exact) mass is 434 g/mol. The first-order chi connectivity index (χ1) is 14.6. The lowest BCUT2D eigenvalue weighted by Crippen LogP contribution is -2.07. The van der Waals surface area contributed by atoms with Gasteiger partial charge in [-0.05, 0) is 56.3 Å². The number of hydrogen-bond acceptors (Lipinski definition) is 5. The maximum Gasteiger partial charge on any atom is 0.192 e. The van der Waals surface area contributed by atoms with Gasteiger partial charge in [0.25, 0.3) is 0 Å². The fourth-order valence-electron chi connectivity index (χ4n) is 3.84. The number of thioether (sulfide) groups is 1. The Kier molecular flexibility index (Phi) is 5.08. The van der Waals surface area contributed by atoms with Crippen molar-refractivity contribution in [1.29, 1.82) is 0 Å². The molecule has 0 saturated heterocycles. The minimum atomic E-state index is 0.123. The normalized spacial score (nSPS) is 13.7. The number of rotatable bonds is 7. The summed E-state index contributed by atoms with van der Waals surface area (Å²) in [5.41, 5.74) is 3.90. The molecule has 3 heterocycles. The lowest BCUT2D eigenvalue weighted by molar-refractivity contribution is 0.102. The van der Waals surface area contributed by atoms with Gasteiger partial charge in [-0.15, -0.1) is 21.5 Å². The molecule has 0 spiro atoms. The highest BCUT2D eigenvalue weighted by atomic mass is 32.2. The number of para-hydroxylation sites is 1. The van der Waals surface area contributed by atoms with Crippen molar-refractivity contribution in [3.8, 4) is 16.4 Å². The van der Waals surface area contributed by atoms with Crippen molar-refractivity contribution >= 4 is 28.9 Å². The molecule has 1 aliphatic carbocycles. The van der Waals surface area contributed by atoms with E-state index in [0.717, 1.165) is 51.3 Å². The molecule has 1 saturated carbocycles. The SMILES string of the molecule is Cc1cc(C(=O)CSc2nnc(-c3cccs3)n2C2CC2)c(C)n1-c1ccccc1. The third-order valence-corrected chi connectivity index (χ3v) is 7.21. The van der Waals surface area contributed by atoms with Crippen molar-refractivity contribution in [2.45, 2.75) is 37.9 Å². The zero-order chi connectivity index (χ0) is 20.7. The first-order valence-corrected chi connectivity index (χ1v) is 11.9. The molecule has 0 radical (unpaired) electrons. The first-order valence-electron chi connectivity index (χ1n) is 10.0. The average molecular weight is 435 g/mol. The molecule has 0 bridgehead atoms. The number of thiophene rings is 1. The predicted molar refractivity (Wildman–Crippen MR) is 122 cm³/mol. The lowest BCUT2D eigenvalue weighted by Gasteiger charge is -2.10. The lowest BCUT2D eigenvalue weighted by atomic mass is 10.2. The van der Waals surface area contributed by atoms with Gasteiger partial charge >= 0.3 is 0 Å². The van der Waals surface area contributed by atoms with Crippen LogP contribution in [0.15, 0.2) is 59.1 Å². The molecule has 0 amide bonds. The Hall–Kier alpha value is -2.64. The zero-order valence-corrected chi connectivity index (χ0v) is 18.5. The first kappa shape index (κ1) is 19.3. The molecule has 0 N–H and O–H groups in total. The molecule has 5 nitrogen and oxygen atoms in total. The number of Topliss-reactive ketones (excluding diaryl/α,β-unsaturated/α-hetero) is 1. The third kappa shape index (κ3) is 3.52. The highest BCUT2D eigenvalue weighted by Gasteiger charge is 2.31. The average Bonchev–Trinajstić information content (AvgIpc) is 3.15. The van der Waals surface area contributed by atoms with E-state index in [1.807, 2.05) is 44.2 Å². The Morgan fingerprint density at radius 1 is 1.13 bits per heavy atom. The Bertz CT molecular complexity index is 1190. The van der Waals surface area contributed by atoms with E-state index in [2.05, 4.69) is 42.9 Å². The largest absolute Gasteiger partial charge is 0.318 e. The van der Waals surface area contributed by atoms with E-state index in [1.165, 1.54) is 11.8 Å². The Balaban J connectivity index is 1.38. The maximum atomic E-state index is 13.1. The molecule has 1 fully saturated rings. The highest BCUT2D eigenvalue weighted by molar-refractivity contribution is 7.99. The van der Waals surface area contributed by atoms with Gasteiger partial charge in [0.1, 0.15) is 0 Å². The minimum absolute atomic E-state index is 0.123. The van der Waals surface area contributed by atoms with Crippen LogP contribution in [-0.2, 0) is 0 Å². The predicted octanol–water partition coefficient (Wildman–Crippen LogP) is 5.72. The van der Waals surface area contributed by atoms with Gasteiger partial charge in [0.15, 0.2) is 16.8 Å². The summed E-state index contributed by atoms with van der Waals surface area (Å²) >= 11 is 3.16. The van der Waals surface area contributed by atoms with E-state index in [1.54, 1.807) is 11.3 Å². The summed E-state index contributed by atoms with van der Waals surface area (Å²) in [4.78, 5) is 14.2. The standard InChI is InChI=1S/C23H22N4OS2/c1-15-13-19(16(2)26(15)17-7-4-3-5-8-17)20(28)14-30-23-25-24-22(21-9-6-12-29-21)27(23)18-10-11-18/h3-9,12-13,18H,10-11,14H2,1-2H3. The second-order valence-electron chi connectivity index (χ2n) is 7.55. The molecule has 0 aliphatic heterocycles. The highest BCUT2D eigenvalue weighted by Crippen LogP contribution is 2.41. The van der Waals surface area contributed by atoms with Crippen LogP contribution in [0, 0.1) is 13.8 Å². The zero-order valence-electron chi connectivity index (χ0n) is 16.9. The molecule has 5 rings (SSSR count). The summed E-state index contributed by atoms with van der Waals surface area (Å²) in [6.07, 6.45) is 2.30. The van der Waals surface area contributed by atoms with E-state index >= 15 is 0 Å². The van der Waals surface area contributed by atoms with Crippen LogP contribution in [0.5, 0.6) is 0 Å². The van der Waals surface area contributed by atoms with Gasteiger partial charge in [0, 0.05) is 28.7 Å². The smallest absolute Gasteiger partial charge is 0.192 e. The van der Waals surface area contributed by atoms with Crippen LogP contribution in [0.3, 0.4) is 0 Å². The second-order valence-corrected chi connectivity index (χ2v) is 9.44. The van der Waals surface area contributed by atoms with Crippen molar-refractivity contribution in [2.75, 3.05) is 5.75 Å². The molecule has 1 aromatic carbocycles. The van der Waals surface area contributed by atoms with Gasteiger partial charge in [0.05, 0.1) is 10.6 Å². The molecule has 4 aromatic rings. The van der Waals surface area contributed by atoms with Crippen LogP contribution >= 0.6 is 23.1 Å². The number of ketones is 1. The molecule has 7 heteroatoms. The van der Waals surface area contributed by atoms with Crippen molar-refractivity contribution in [2.24, 2.45) is 0 Å². The van der Waals surface area contributed by atoms with Crippen LogP contribution in [0.25, 0.3) is 16.4 Å². The molecule has 0 atom stereocenters. The molecule has 152 valence electrons. The maximum absolute atomic E-state index is 13.1. The van der Waals surface area contributed by atoms with Gasteiger partial charge in [-0.25, -0.2) is 0 Å². The number of carbonyl (C=O) groups is 1. The summed E-state index contributed by atoms with van der Waals surface area (Å²) in [6, 6.07) is 16.7. The quantitative estimate of drug-likeness (QED) is 0.276. The third-order valence-electron chi connectivity index (χ3n) is 5.40. The number of nitrogens with zero attached hydrogens (tertiary/aromatic N) is 4. The van der Waals surface area contributed by atoms with Crippen molar-refractivity contribution in [1.82, 2.24) is 19.3 Å². The second kappa shape index (κ2) is 7.89. The minimum Gasteiger partial charge on any atom is -0.318 e. The van der Waals surface area contributed by atoms with Crippen molar-refractivity contribution in [3.63, 3.8) is 0 Å². The number of aromatic nitrogens is 4. The summed E-state index contributed by atoms with van der Waals surface area (Å²) in [5, 5.41) is 11.7. The number of benzene rings is 1. The van der Waals surface area contributed by atoms with Gasteiger partial charge in [-0.2, -0.15) is 0 Å². The fraction of sp³-hybridized carbons (Fsp3) is 0.261. The van der Waals surface area contributed by atoms with E-state index in [4.69, 9.17) is 0 Å². The van der Waals surface area contributed by atoms with Crippen molar-refractivity contribution in [3.05, 3.63) is 70.9 Å². The molecule has 1 aliphatic rings. The van der Waals surface area contributed by atoms with E-state index in [9.17, 15) is 4.79 Å². The molecule has 3 aromatic heterocycles. The van der Waals surface area contributed by atoms with E-state index < -0.39 is 0 Å². The Labute approximate surface area is 183 Å². The summed E-state index contributed by atoms with van der Waals surface area (Å²) in [6.45, 7) is 4.06. The van der Waals surface area contributed by atoms with Gasteiger partial charge in [-0.1, -0.05) is 36.0 Å². The van der Waals surface area contributed by atoms with E-state index in [0.29, 0.717) is 11.8 Å². The van der Waals surface area contributed by atoms with Gasteiger partial charge in [-0.3, -0.25) is 9.36 Å². The number of hydrogen-bond donors (Lipinski definition) is 0. The Morgan fingerprint density at radius 3 is 2.63 bits per heavy atom. The van der Waals surface area contributed by atoms with Crippen LogP contribution in [0.2, 0.25) is 0 Å². The molecule has 0 unspecified atom stereocenters. The van der Waals surface area contributed by atoms with E-state index in [-0.39, 0.29) is 5.78 Å². The van der Waals surface area contributed by atoms with Gasteiger partial charge < -0.3 is 4.57 Å². The van der Waals surface area contributed by atoms with Crippen LogP contribution in [0.1, 0.15) is 40.6 Å². The molecular formula is C23H22N4OS2. The summed E-state index contributed by atoms with van der Waals surface area (Å²) in [7, 11) is 0. The Morgan fingerprint density at radius 2 is 1.93 bits per heavy atom. The number of aryl methyl sites for hydroxylation is 1. The van der Waals surface area contributed by atoms with Crippen LogP contribution in [0.4, 0.5) is 0 Å². The van der Waals surface area contributed by atoms with Crippen molar-refractivity contribution < 1.29 is 4.79 Å². The summed E-state index contributed by atoms with van der Waals surface area (Å²) < 4.78 is 4.36. The molecule has 30 heavy (non-hydrogen) atoms. The molecular weight excluding hydrogens is 412 g/mol. The van der Waals surface area contributed by atoms with Crippen LogP contribution < -0.4 is 0 Å².